The van der Waals surface area contributed by atoms with E-state index in [2.05, 4.69) is 26.1 Å². The number of halogens is 4. The largest absolute Gasteiger partial charge is 0.460 e. The van der Waals surface area contributed by atoms with Gasteiger partial charge in [-0.2, -0.15) is 13.2 Å². The van der Waals surface area contributed by atoms with Crippen molar-refractivity contribution in [3.05, 3.63) is 51.5 Å². The molecule has 2 aromatic carbocycles. The second kappa shape index (κ2) is 11.0. The van der Waals surface area contributed by atoms with Gasteiger partial charge in [0.15, 0.2) is 0 Å². The number of likely N-dealkylation sites (tertiary alicyclic amines) is 1. The molecule has 0 radical (unpaired) electrons. The molecule has 1 fully saturated rings. The highest BCUT2D eigenvalue weighted by atomic mass is 79.9. The van der Waals surface area contributed by atoms with Gasteiger partial charge in [-0.1, -0.05) is 33.8 Å². The van der Waals surface area contributed by atoms with Gasteiger partial charge in [-0.05, 0) is 82.0 Å². The Labute approximate surface area is 223 Å². The Kier molecular flexibility index (Phi) is 8.32. The zero-order valence-corrected chi connectivity index (χ0v) is 23.2. The molecule has 0 amide bonds. The summed E-state index contributed by atoms with van der Waals surface area (Å²) in [5.74, 6) is -0.180. The third-order valence-electron chi connectivity index (χ3n) is 6.38. The highest BCUT2D eigenvalue weighted by molar-refractivity contribution is 9.10. The number of alkyl halides is 3. The van der Waals surface area contributed by atoms with Crippen LogP contribution in [-0.4, -0.2) is 42.1 Å². The van der Waals surface area contributed by atoms with Crippen LogP contribution in [0.4, 0.5) is 18.9 Å². The van der Waals surface area contributed by atoms with E-state index in [-0.39, 0.29) is 12.0 Å². The van der Waals surface area contributed by atoms with Gasteiger partial charge in [0.1, 0.15) is 5.60 Å². The Morgan fingerprint density at radius 2 is 1.86 bits per heavy atom. The summed E-state index contributed by atoms with van der Waals surface area (Å²) in [5, 5.41) is 3.46. The molecule has 9 heteroatoms. The zero-order valence-electron chi connectivity index (χ0n) is 20.8. The van der Waals surface area contributed by atoms with Crippen molar-refractivity contribution in [2.75, 3.05) is 25.0 Å². The molecule has 4 nitrogen and oxygen atoms in total. The smallest absolute Gasteiger partial charge is 0.416 e. The molecule has 0 aliphatic carbocycles. The summed E-state index contributed by atoms with van der Waals surface area (Å²) < 4.78 is 47.4. The molecule has 0 atom stereocenters. The minimum Gasteiger partial charge on any atom is -0.460 e. The van der Waals surface area contributed by atoms with Crippen LogP contribution in [0.2, 0.25) is 0 Å². The molecule has 0 unspecified atom stereocenters. The lowest BCUT2D eigenvalue weighted by Crippen LogP contribution is -2.40. The number of anilines is 1. The second-order valence-electron chi connectivity index (χ2n) is 10.5. The Hall–Kier alpha value is -1.71. The lowest BCUT2D eigenvalue weighted by Gasteiger charge is -2.34. The number of ether oxygens (including phenoxy) is 1. The number of nitrogens with zero attached hydrogens (tertiary/aromatic N) is 1. The summed E-state index contributed by atoms with van der Waals surface area (Å²) in [6.45, 7) is 8.09. The summed E-state index contributed by atoms with van der Waals surface area (Å²) in [6, 6.07) is 8.64. The predicted molar refractivity (Wildman–Crippen MR) is 141 cm³/mol. The SMILES string of the molecule is CC(C)(C)OC(=O)CCCN1CCC(Nc2cc(C(F)(F)F)cc3c2Cc2ccc(Br)cc2S3)CC1. The lowest BCUT2D eigenvalue weighted by molar-refractivity contribution is -0.155. The zero-order chi connectivity index (χ0) is 26.1. The van der Waals surface area contributed by atoms with E-state index in [0.717, 1.165) is 59.4 Å². The van der Waals surface area contributed by atoms with Crippen molar-refractivity contribution in [2.45, 2.75) is 80.5 Å². The Balaban J connectivity index is 1.39. The molecule has 2 aliphatic heterocycles. The van der Waals surface area contributed by atoms with Crippen LogP contribution in [0.1, 0.15) is 63.1 Å². The molecular formula is C27H32BrF3N2O2S. The number of nitrogens with one attached hydrogen (secondary N) is 1. The van der Waals surface area contributed by atoms with Crippen LogP contribution < -0.4 is 5.32 Å². The minimum atomic E-state index is -4.40. The van der Waals surface area contributed by atoms with Gasteiger partial charge in [-0.3, -0.25) is 4.79 Å². The fourth-order valence-corrected chi connectivity index (χ4v) is 6.35. The predicted octanol–water partition coefficient (Wildman–Crippen LogP) is 7.52. The number of esters is 1. The molecule has 36 heavy (non-hydrogen) atoms. The van der Waals surface area contributed by atoms with E-state index in [9.17, 15) is 18.0 Å². The second-order valence-corrected chi connectivity index (χ2v) is 12.5. The van der Waals surface area contributed by atoms with Crippen LogP contribution in [0.25, 0.3) is 0 Å². The van der Waals surface area contributed by atoms with Gasteiger partial charge in [0.25, 0.3) is 0 Å². The van der Waals surface area contributed by atoms with Gasteiger partial charge >= 0.3 is 12.1 Å². The van der Waals surface area contributed by atoms with E-state index in [0.29, 0.717) is 23.4 Å². The van der Waals surface area contributed by atoms with E-state index >= 15 is 0 Å². The van der Waals surface area contributed by atoms with Crippen molar-refractivity contribution < 1.29 is 22.7 Å². The number of piperidine rings is 1. The molecule has 0 bridgehead atoms. The van der Waals surface area contributed by atoms with Crippen molar-refractivity contribution in [3.63, 3.8) is 0 Å². The van der Waals surface area contributed by atoms with Gasteiger partial charge in [0.05, 0.1) is 5.56 Å². The maximum Gasteiger partial charge on any atom is 0.416 e. The van der Waals surface area contributed by atoms with Crippen molar-refractivity contribution in [3.8, 4) is 0 Å². The fraction of sp³-hybridized carbons (Fsp3) is 0.519. The van der Waals surface area contributed by atoms with E-state index in [4.69, 9.17) is 4.74 Å². The molecule has 1 saturated heterocycles. The van der Waals surface area contributed by atoms with Gasteiger partial charge in [0.2, 0.25) is 0 Å². The number of carbonyl (C=O) groups excluding carboxylic acids is 1. The molecule has 0 spiro atoms. The first kappa shape index (κ1) is 27.3. The number of hydrogen-bond donors (Lipinski definition) is 1. The molecular weight excluding hydrogens is 553 g/mol. The van der Waals surface area contributed by atoms with Crippen LogP contribution in [0, 0.1) is 0 Å². The van der Waals surface area contributed by atoms with Gasteiger partial charge < -0.3 is 15.0 Å². The fourth-order valence-electron chi connectivity index (χ4n) is 4.65. The van der Waals surface area contributed by atoms with Crippen molar-refractivity contribution >= 4 is 39.3 Å². The Morgan fingerprint density at radius 3 is 2.53 bits per heavy atom. The maximum absolute atomic E-state index is 13.7. The molecule has 0 aromatic heterocycles. The quantitative estimate of drug-likeness (QED) is 0.303. The summed E-state index contributed by atoms with van der Waals surface area (Å²) in [7, 11) is 0. The van der Waals surface area contributed by atoms with Gasteiger partial charge in [0, 0.05) is 51.9 Å². The summed E-state index contributed by atoms with van der Waals surface area (Å²) >= 11 is 4.87. The molecule has 2 aliphatic rings. The van der Waals surface area contributed by atoms with E-state index in [1.165, 1.54) is 23.9 Å². The minimum absolute atomic E-state index is 0.107. The molecule has 2 aromatic rings. The molecule has 4 rings (SSSR count). The van der Waals surface area contributed by atoms with Crippen LogP contribution in [0.3, 0.4) is 0 Å². The normalized spacial score (nSPS) is 16.9. The summed E-state index contributed by atoms with van der Waals surface area (Å²) in [5.41, 5.74) is 1.56. The van der Waals surface area contributed by atoms with Crippen molar-refractivity contribution in [1.82, 2.24) is 4.90 Å². The van der Waals surface area contributed by atoms with Gasteiger partial charge in [-0.15, -0.1) is 0 Å². The van der Waals surface area contributed by atoms with Crippen molar-refractivity contribution in [1.29, 1.82) is 0 Å². The average molecular weight is 586 g/mol. The molecule has 196 valence electrons. The topological polar surface area (TPSA) is 41.6 Å². The first-order valence-electron chi connectivity index (χ1n) is 12.3. The average Bonchev–Trinajstić information content (AvgIpc) is 2.77. The third-order valence-corrected chi connectivity index (χ3v) is 8.05. The Bertz CT molecular complexity index is 1110. The third kappa shape index (κ3) is 7.19. The number of hydrogen-bond acceptors (Lipinski definition) is 5. The van der Waals surface area contributed by atoms with Crippen molar-refractivity contribution in [2.24, 2.45) is 0 Å². The standard InChI is InChI=1S/C27H32BrF3N2O2S/c1-26(2,3)35-25(34)5-4-10-33-11-8-20(9-12-33)32-22-14-18(27(29,30)31)15-24-21(22)13-17-6-7-19(28)16-23(17)36-24/h6-7,14-16,20,32H,4-5,8-13H2,1-3H3. The number of benzene rings is 2. The lowest BCUT2D eigenvalue weighted by atomic mass is 9.98. The summed E-state index contributed by atoms with van der Waals surface area (Å²) in [6.07, 6.45) is -0.985. The van der Waals surface area contributed by atoms with Crippen LogP contribution in [0.5, 0.6) is 0 Å². The number of fused-ring (bicyclic) bond motifs is 2. The van der Waals surface area contributed by atoms with Crippen LogP contribution in [-0.2, 0) is 22.1 Å². The highest BCUT2D eigenvalue weighted by Gasteiger charge is 2.34. The first-order valence-corrected chi connectivity index (χ1v) is 13.9. The summed E-state index contributed by atoms with van der Waals surface area (Å²) in [4.78, 5) is 15.9. The number of carbonyl (C=O) groups is 1. The number of rotatable bonds is 6. The molecule has 2 heterocycles. The van der Waals surface area contributed by atoms with E-state index in [1.807, 2.05) is 39.0 Å². The van der Waals surface area contributed by atoms with E-state index in [1.54, 1.807) is 0 Å². The highest BCUT2D eigenvalue weighted by Crippen LogP contribution is 2.46. The Morgan fingerprint density at radius 1 is 1.14 bits per heavy atom. The molecule has 0 saturated carbocycles. The van der Waals surface area contributed by atoms with Crippen LogP contribution in [0.15, 0.2) is 44.6 Å². The van der Waals surface area contributed by atoms with E-state index < -0.39 is 17.3 Å². The van der Waals surface area contributed by atoms with Gasteiger partial charge in [-0.25, -0.2) is 0 Å². The first-order chi connectivity index (χ1) is 16.9. The maximum atomic E-state index is 13.7. The van der Waals surface area contributed by atoms with Crippen LogP contribution >= 0.6 is 27.7 Å². The monoisotopic (exact) mass is 584 g/mol. The molecule has 1 N–H and O–H groups in total.